The van der Waals surface area contributed by atoms with Crippen LogP contribution in [0.4, 0.5) is 5.82 Å². The van der Waals surface area contributed by atoms with Gasteiger partial charge < -0.3 is 20.1 Å². The van der Waals surface area contributed by atoms with E-state index in [9.17, 15) is 5.11 Å². The number of hydrogen-bond donors (Lipinski definition) is 2. The number of aliphatic hydroxyl groups is 1. The summed E-state index contributed by atoms with van der Waals surface area (Å²) in [6, 6.07) is 18.6. The van der Waals surface area contributed by atoms with Gasteiger partial charge in [-0.2, -0.15) is 0 Å². The van der Waals surface area contributed by atoms with Crippen molar-refractivity contribution in [3.63, 3.8) is 0 Å². The summed E-state index contributed by atoms with van der Waals surface area (Å²) in [4.78, 5) is 8.92. The number of ether oxygens (including phenoxy) is 1. The fourth-order valence-electron chi connectivity index (χ4n) is 4.80. The van der Waals surface area contributed by atoms with E-state index >= 15 is 0 Å². The van der Waals surface area contributed by atoms with Gasteiger partial charge in [-0.15, -0.1) is 0 Å². The van der Waals surface area contributed by atoms with Gasteiger partial charge in [0.1, 0.15) is 30.1 Å². The first-order chi connectivity index (χ1) is 15.7. The number of anilines is 1. The second-order valence-corrected chi connectivity index (χ2v) is 8.48. The molecule has 2 heterocycles. The third kappa shape index (κ3) is 3.60. The predicted molar refractivity (Wildman–Crippen MR) is 126 cm³/mol. The van der Waals surface area contributed by atoms with Crippen LogP contribution in [-0.4, -0.2) is 26.2 Å². The van der Waals surface area contributed by atoms with E-state index in [-0.39, 0.29) is 6.61 Å². The van der Waals surface area contributed by atoms with Crippen molar-refractivity contribution in [2.24, 2.45) is 5.92 Å². The number of aliphatic hydroxyl groups excluding tert-OH is 1. The summed E-state index contributed by atoms with van der Waals surface area (Å²) in [5, 5.41) is 10.4. The first-order valence-corrected chi connectivity index (χ1v) is 11.2. The zero-order valence-electron chi connectivity index (χ0n) is 18.2. The average molecular weight is 429 g/mol. The van der Waals surface area contributed by atoms with E-state index in [1.54, 1.807) is 6.33 Å². The lowest BCUT2D eigenvalue weighted by molar-refractivity contribution is 0.113. The van der Waals surface area contributed by atoms with Crippen molar-refractivity contribution in [3.8, 4) is 16.9 Å². The van der Waals surface area contributed by atoms with E-state index in [1.807, 2.05) is 30.3 Å². The molecule has 0 atom stereocenters. The number of nitrogens with zero attached hydrogens (tertiary/aromatic N) is 3. The van der Waals surface area contributed by atoms with E-state index in [4.69, 9.17) is 10.5 Å². The quantitative estimate of drug-likeness (QED) is 0.443. The van der Waals surface area contributed by atoms with Crippen LogP contribution in [0, 0.1) is 5.92 Å². The number of benzene rings is 2. The fraction of sp³-hybridized carbons (Fsp3) is 0.308. The van der Waals surface area contributed by atoms with E-state index < -0.39 is 0 Å². The Hall–Kier alpha value is -3.38. The molecule has 1 aliphatic rings. The van der Waals surface area contributed by atoms with Crippen molar-refractivity contribution in [3.05, 3.63) is 72.2 Å². The largest absolute Gasteiger partial charge is 0.489 e. The first-order valence-electron chi connectivity index (χ1n) is 11.2. The molecule has 3 N–H and O–H groups in total. The van der Waals surface area contributed by atoms with Crippen LogP contribution in [0.2, 0.25) is 0 Å². The van der Waals surface area contributed by atoms with Crippen molar-refractivity contribution in [1.29, 1.82) is 0 Å². The molecule has 1 saturated carbocycles. The standard InChI is InChI=1S/C26H28N4O2/c1-2-22-23(19-9-6-10-21(13-19)32-15-17-7-4-3-5-8-17)24-25(27)28-16-29-26(24)30(22)20-11-18(12-20)14-31/h3-10,13,16,18,20,31H,2,11-12,14-15H2,1H3,(H2,27,28,29). The Morgan fingerprint density at radius 1 is 1.09 bits per heavy atom. The minimum Gasteiger partial charge on any atom is -0.489 e. The van der Waals surface area contributed by atoms with Gasteiger partial charge in [-0.05, 0) is 48.4 Å². The monoisotopic (exact) mass is 428 g/mol. The third-order valence-electron chi connectivity index (χ3n) is 6.45. The van der Waals surface area contributed by atoms with Gasteiger partial charge in [0.2, 0.25) is 0 Å². The molecular formula is C26H28N4O2. The molecule has 2 aromatic heterocycles. The Kier molecular flexibility index (Phi) is 5.53. The van der Waals surface area contributed by atoms with E-state index in [0.29, 0.717) is 24.4 Å². The van der Waals surface area contributed by atoms with Crippen LogP contribution in [0.3, 0.4) is 0 Å². The van der Waals surface area contributed by atoms with Gasteiger partial charge in [0.05, 0.1) is 5.39 Å². The van der Waals surface area contributed by atoms with Crippen molar-refractivity contribution < 1.29 is 9.84 Å². The van der Waals surface area contributed by atoms with Crippen LogP contribution in [0.15, 0.2) is 60.9 Å². The van der Waals surface area contributed by atoms with Gasteiger partial charge in [-0.1, -0.05) is 49.4 Å². The summed E-state index contributed by atoms with van der Waals surface area (Å²) in [5.41, 5.74) is 11.7. The molecule has 6 heteroatoms. The molecule has 0 spiro atoms. The summed E-state index contributed by atoms with van der Waals surface area (Å²) < 4.78 is 8.41. The van der Waals surface area contributed by atoms with Crippen LogP contribution in [-0.2, 0) is 13.0 Å². The minimum atomic E-state index is 0.238. The molecule has 0 unspecified atom stereocenters. The smallest absolute Gasteiger partial charge is 0.146 e. The highest BCUT2D eigenvalue weighted by atomic mass is 16.5. The molecule has 0 aliphatic heterocycles. The Labute approximate surface area is 187 Å². The Morgan fingerprint density at radius 3 is 2.66 bits per heavy atom. The summed E-state index contributed by atoms with van der Waals surface area (Å²) in [5.74, 6) is 1.67. The Morgan fingerprint density at radius 2 is 1.91 bits per heavy atom. The minimum absolute atomic E-state index is 0.238. The number of rotatable bonds is 7. The van der Waals surface area contributed by atoms with Crippen LogP contribution in [0.5, 0.6) is 5.75 Å². The number of aromatic nitrogens is 3. The second-order valence-electron chi connectivity index (χ2n) is 8.48. The molecule has 0 saturated heterocycles. The molecule has 32 heavy (non-hydrogen) atoms. The highest BCUT2D eigenvalue weighted by Crippen LogP contribution is 2.45. The van der Waals surface area contributed by atoms with Crippen molar-refractivity contribution in [1.82, 2.24) is 14.5 Å². The second kappa shape index (κ2) is 8.63. The van der Waals surface area contributed by atoms with Gasteiger partial charge >= 0.3 is 0 Å². The SMILES string of the molecule is CCc1c(-c2cccc(OCc3ccccc3)c2)c2c(N)ncnc2n1C1CC(CO)C1. The molecule has 164 valence electrons. The topological polar surface area (TPSA) is 86.2 Å². The zero-order valence-corrected chi connectivity index (χ0v) is 18.2. The van der Waals surface area contributed by atoms with Gasteiger partial charge in [0.25, 0.3) is 0 Å². The lowest BCUT2D eigenvalue weighted by Crippen LogP contribution is -2.30. The summed E-state index contributed by atoms with van der Waals surface area (Å²) >= 11 is 0. The van der Waals surface area contributed by atoms with Crippen molar-refractivity contribution >= 4 is 16.9 Å². The van der Waals surface area contributed by atoms with E-state index in [2.05, 4.69) is 45.7 Å². The molecule has 0 bridgehead atoms. The zero-order chi connectivity index (χ0) is 22.1. The Balaban J connectivity index is 1.57. The summed E-state index contributed by atoms with van der Waals surface area (Å²) in [6.45, 7) is 2.92. The summed E-state index contributed by atoms with van der Waals surface area (Å²) in [7, 11) is 0. The van der Waals surface area contributed by atoms with Crippen molar-refractivity contribution in [2.75, 3.05) is 12.3 Å². The lowest BCUT2D eigenvalue weighted by atomic mass is 9.80. The molecule has 4 aromatic rings. The number of nitrogen functional groups attached to an aromatic ring is 1. The Bertz CT molecular complexity index is 1230. The normalized spacial score (nSPS) is 17.9. The highest BCUT2D eigenvalue weighted by molar-refractivity contribution is 6.02. The van der Waals surface area contributed by atoms with Crippen LogP contribution in [0.1, 0.15) is 37.1 Å². The summed E-state index contributed by atoms with van der Waals surface area (Å²) in [6.07, 6.45) is 4.30. The molecule has 0 radical (unpaired) electrons. The highest BCUT2D eigenvalue weighted by Gasteiger charge is 2.34. The molecule has 0 amide bonds. The lowest BCUT2D eigenvalue weighted by Gasteiger charge is -2.36. The first kappa shape index (κ1) is 20.5. The van der Waals surface area contributed by atoms with Gasteiger partial charge in [-0.3, -0.25) is 0 Å². The maximum absolute atomic E-state index is 9.51. The fourth-order valence-corrected chi connectivity index (χ4v) is 4.80. The maximum atomic E-state index is 9.51. The van der Waals surface area contributed by atoms with Gasteiger partial charge in [0, 0.05) is 23.9 Å². The van der Waals surface area contributed by atoms with Crippen LogP contribution < -0.4 is 10.5 Å². The molecule has 2 aromatic carbocycles. The number of hydrogen-bond acceptors (Lipinski definition) is 5. The maximum Gasteiger partial charge on any atom is 0.146 e. The molecule has 5 rings (SSSR count). The van der Waals surface area contributed by atoms with Crippen LogP contribution in [0.25, 0.3) is 22.2 Å². The van der Waals surface area contributed by atoms with Gasteiger partial charge in [0.15, 0.2) is 0 Å². The average Bonchev–Trinajstić information content (AvgIpc) is 3.13. The molecule has 1 fully saturated rings. The van der Waals surface area contributed by atoms with Crippen molar-refractivity contribution in [2.45, 2.75) is 38.8 Å². The van der Waals surface area contributed by atoms with Crippen LogP contribution >= 0.6 is 0 Å². The predicted octanol–water partition coefficient (Wildman–Crippen LogP) is 4.77. The molecular weight excluding hydrogens is 400 g/mol. The number of nitrogens with two attached hydrogens (primary N) is 1. The molecule has 1 aliphatic carbocycles. The van der Waals surface area contributed by atoms with Gasteiger partial charge in [-0.25, -0.2) is 9.97 Å². The van der Waals surface area contributed by atoms with E-state index in [1.165, 1.54) is 5.69 Å². The molecule has 6 nitrogen and oxygen atoms in total. The van der Waals surface area contributed by atoms with E-state index in [0.717, 1.165) is 52.7 Å². The number of fused-ring (bicyclic) bond motifs is 1. The third-order valence-corrected chi connectivity index (χ3v) is 6.45.